The molecule has 1 rings (SSSR count). The minimum absolute atomic E-state index is 0.0263. The van der Waals surface area contributed by atoms with Crippen LogP contribution in [0.1, 0.15) is 39.4 Å². The van der Waals surface area contributed by atoms with Crippen LogP contribution in [0.2, 0.25) is 0 Å². The van der Waals surface area contributed by atoms with Crippen molar-refractivity contribution in [1.82, 2.24) is 4.98 Å². The molecule has 0 radical (unpaired) electrons. The van der Waals surface area contributed by atoms with E-state index < -0.39 is 0 Å². The molecule has 0 aliphatic heterocycles. The van der Waals surface area contributed by atoms with E-state index in [-0.39, 0.29) is 12.1 Å². The molecule has 1 heterocycles. The summed E-state index contributed by atoms with van der Waals surface area (Å²) in [5.74, 6) is 1.30. The summed E-state index contributed by atoms with van der Waals surface area (Å²) in [5, 5.41) is 0. The Labute approximate surface area is 91.7 Å². The Hall–Kier alpha value is -1.09. The molecule has 15 heavy (non-hydrogen) atoms. The third kappa shape index (κ3) is 3.51. The first-order valence-corrected chi connectivity index (χ1v) is 5.39. The highest BCUT2D eigenvalue weighted by Crippen LogP contribution is 2.16. The Morgan fingerprint density at radius 1 is 1.20 bits per heavy atom. The SMILES string of the molecule is CC(C)C(C)Oc1ccc([C@@H](C)N)nc1. The summed E-state index contributed by atoms with van der Waals surface area (Å²) in [6.07, 6.45) is 1.94. The summed E-state index contributed by atoms with van der Waals surface area (Å²) in [6.45, 7) is 8.24. The van der Waals surface area contributed by atoms with Gasteiger partial charge in [0.25, 0.3) is 0 Å². The molecule has 2 N–H and O–H groups in total. The second-order valence-electron chi connectivity index (χ2n) is 4.27. The van der Waals surface area contributed by atoms with Crippen LogP contribution in [0.15, 0.2) is 18.3 Å². The van der Waals surface area contributed by atoms with Crippen LogP contribution in [0.5, 0.6) is 5.75 Å². The number of nitrogens with zero attached hydrogens (tertiary/aromatic N) is 1. The Balaban J connectivity index is 2.64. The topological polar surface area (TPSA) is 48.1 Å². The fraction of sp³-hybridized carbons (Fsp3) is 0.583. The highest BCUT2D eigenvalue weighted by Gasteiger charge is 2.09. The van der Waals surface area contributed by atoms with Gasteiger partial charge < -0.3 is 10.5 Å². The molecular formula is C12H20N2O. The number of pyridine rings is 1. The van der Waals surface area contributed by atoms with Crippen molar-refractivity contribution in [2.75, 3.05) is 0 Å². The molecule has 0 aliphatic rings. The maximum absolute atomic E-state index is 5.71. The van der Waals surface area contributed by atoms with Crippen LogP contribution in [0.3, 0.4) is 0 Å². The summed E-state index contributed by atoms with van der Waals surface area (Å²) < 4.78 is 5.71. The summed E-state index contributed by atoms with van der Waals surface area (Å²) in [6, 6.07) is 3.80. The van der Waals surface area contributed by atoms with Gasteiger partial charge in [-0.3, -0.25) is 4.98 Å². The van der Waals surface area contributed by atoms with Gasteiger partial charge in [0.2, 0.25) is 0 Å². The summed E-state index contributed by atoms with van der Waals surface area (Å²) in [4.78, 5) is 4.24. The molecule has 0 fully saturated rings. The molecule has 0 aromatic carbocycles. The van der Waals surface area contributed by atoms with Crippen molar-refractivity contribution in [2.45, 2.75) is 39.8 Å². The van der Waals surface area contributed by atoms with Gasteiger partial charge >= 0.3 is 0 Å². The van der Waals surface area contributed by atoms with Gasteiger partial charge in [0.05, 0.1) is 18.0 Å². The molecule has 1 aromatic heterocycles. The molecule has 2 atom stereocenters. The molecule has 0 spiro atoms. The van der Waals surface area contributed by atoms with Crippen LogP contribution in [-0.2, 0) is 0 Å². The fourth-order valence-electron chi connectivity index (χ4n) is 1.08. The first kappa shape index (κ1) is 12.0. The number of aromatic nitrogens is 1. The zero-order chi connectivity index (χ0) is 11.4. The van der Waals surface area contributed by atoms with Crippen molar-refractivity contribution >= 4 is 0 Å². The first-order chi connectivity index (χ1) is 7.00. The van der Waals surface area contributed by atoms with E-state index >= 15 is 0 Å². The third-order valence-electron chi connectivity index (χ3n) is 2.49. The molecule has 0 saturated carbocycles. The van der Waals surface area contributed by atoms with Gasteiger partial charge in [0.15, 0.2) is 0 Å². The van der Waals surface area contributed by atoms with Crippen LogP contribution in [0, 0.1) is 5.92 Å². The molecule has 1 aromatic rings. The van der Waals surface area contributed by atoms with Crippen LogP contribution in [0.4, 0.5) is 0 Å². The van der Waals surface area contributed by atoms with Gasteiger partial charge in [-0.25, -0.2) is 0 Å². The lowest BCUT2D eigenvalue weighted by atomic mass is 10.1. The molecule has 3 heteroatoms. The molecule has 3 nitrogen and oxygen atoms in total. The van der Waals surface area contributed by atoms with Gasteiger partial charge in [0, 0.05) is 6.04 Å². The highest BCUT2D eigenvalue weighted by molar-refractivity contribution is 5.21. The number of hydrogen-bond donors (Lipinski definition) is 1. The molecule has 0 aliphatic carbocycles. The van der Waals surface area contributed by atoms with E-state index in [1.54, 1.807) is 6.20 Å². The number of rotatable bonds is 4. The Morgan fingerprint density at radius 3 is 2.27 bits per heavy atom. The predicted octanol–water partition coefficient (Wildman–Crippen LogP) is 2.52. The maximum atomic E-state index is 5.71. The summed E-state index contributed by atoms with van der Waals surface area (Å²) in [5.41, 5.74) is 6.60. The molecule has 0 amide bonds. The maximum Gasteiger partial charge on any atom is 0.138 e. The lowest BCUT2D eigenvalue weighted by Gasteiger charge is -2.18. The van der Waals surface area contributed by atoms with Crippen molar-refractivity contribution in [2.24, 2.45) is 11.7 Å². The molecule has 0 saturated heterocycles. The number of hydrogen-bond acceptors (Lipinski definition) is 3. The van der Waals surface area contributed by atoms with E-state index in [9.17, 15) is 0 Å². The van der Waals surface area contributed by atoms with E-state index in [1.165, 1.54) is 0 Å². The average Bonchev–Trinajstić information content (AvgIpc) is 2.18. The quantitative estimate of drug-likeness (QED) is 0.827. The van der Waals surface area contributed by atoms with Gasteiger partial charge in [0.1, 0.15) is 5.75 Å². The molecule has 0 bridgehead atoms. The fourth-order valence-corrected chi connectivity index (χ4v) is 1.08. The Bertz CT molecular complexity index is 293. The van der Waals surface area contributed by atoms with Gasteiger partial charge in [-0.05, 0) is 31.9 Å². The van der Waals surface area contributed by atoms with E-state index in [0.29, 0.717) is 5.92 Å². The molecular weight excluding hydrogens is 188 g/mol. The first-order valence-electron chi connectivity index (χ1n) is 5.39. The zero-order valence-electron chi connectivity index (χ0n) is 9.90. The van der Waals surface area contributed by atoms with Crippen molar-refractivity contribution < 1.29 is 4.74 Å². The van der Waals surface area contributed by atoms with Crippen molar-refractivity contribution in [3.05, 3.63) is 24.0 Å². The van der Waals surface area contributed by atoms with Crippen LogP contribution in [0.25, 0.3) is 0 Å². The minimum Gasteiger partial charge on any atom is -0.489 e. The van der Waals surface area contributed by atoms with Crippen molar-refractivity contribution in [3.8, 4) is 5.75 Å². The standard InChI is InChI=1S/C12H20N2O/c1-8(2)10(4)15-11-5-6-12(9(3)13)14-7-11/h5-10H,13H2,1-4H3/t9-,10?/m1/s1. The van der Waals surface area contributed by atoms with E-state index in [1.807, 2.05) is 19.1 Å². The summed E-state index contributed by atoms with van der Waals surface area (Å²) >= 11 is 0. The average molecular weight is 208 g/mol. The second kappa shape index (κ2) is 5.12. The zero-order valence-corrected chi connectivity index (χ0v) is 9.90. The van der Waals surface area contributed by atoms with Crippen molar-refractivity contribution in [3.63, 3.8) is 0 Å². The highest BCUT2D eigenvalue weighted by atomic mass is 16.5. The van der Waals surface area contributed by atoms with E-state index in [2.05, 4.69) is 25.8 Å². The molecule has 84 valence electrons. The molecule has 1 unspecified atom stereocenters. The predicted molar refractivity (Wildman–Crippen MR) is 61.8 cm³/mol. The van der Waals surface area contributed by atoms with E-state index in [0.717, 1.165) is 11.4 Å². The normalized spacial score (nSPS) is 15.1. The van der Waals surface area contributed by atoms with Gasteiger partial charge in [-0.1, -0.05) is 13.8 Å². The Kier molecular flexibility index (Phi) is 4.09. The summed E-state index contributed by atoms with van der Waals surface area (Å²) in [7, 11) is 0. The van der Waals surface area contributed by atoms with Crippen LogP contribution in [-0.4, -0.2) is 11.1 Å². The number of nitrogens with two attached hydrogens (primary N) is 1. The second-order valence-corrected chi connectivity index (χ2v) is 4.27. The lowest BCUT2D eigenvalue weighted by molar-refractivity contribution is 0.170. The minimum atomic E-state index is -0.0263. The third-order valence-corrected chi connectivity index (χ3v) is 2.49. The lowest BCUT2D eigenvalue weighted by Crippen LogP contribution is -2.18. The van der Waals surface area contributed by atoms with Gasteiger partial charge in [-0.2, -0.15) is 0 Å². The monoisotopic (exact) mass is 208 g/mol. The van der Waals surface area contributed by atoms with Gasteiger partial charge in [-0.15, -0.1) is 0 Å². The largest absolute Gasteiger partial charge is 0.489 e. The number of ether oxygens (including phenoxy) is 1. The smallest absolute Gasteiger partial charge is 0.138 e. The Morgan fingerprint density at radius 2 is 1.87 bits per heavy atom. The van der Waals surface area contributed by atoms with Crippen LogP contribution < -0.4 is 10.5 Å². The van der Waals surface area contributed by atoms with E-state index in [4.69, 9.17) is 10.5 Å². The van der Waals surface area contributed by atoms with Crippen LogP contribution >= 0.6 is 0 Å². The van der Waals surface area contributed by atoms with Crippen molar-refractivity contribution in [1.29, 1.82) is 0 Å².